The molecule has 0 radical (unpaired) electrons. The highest BCUT2D eigenvalue weighted by Gasteiger charge is 2.14. The number of carbonyl (C=O) groups excluding carboxylic acids is 1. The van der Waals surface area contributed by atoms with Crippen LogP contribution < -0.4 is 10.2 Å². The minimum absolute atomic E-state index is 0.186. The Hall–Kier alpha value is -2.43. The molecule has 114 valence electrons. The van der Waals surface area contributed by atoms with Crippen LogP contribution in [0.3, 0.4) is 0 Å². The summed E-state index contributed by atoms with van der Waals surface area (Å²) in [4.78, 5) is 23.0. The molecule has 5 nitrogen and oxygen atoms in total. The van der Waals surface area contributed by atoms with Gasteiger partial charge >= 0.3 is 0 Å². The minimum atomic E-state index is -0.186. The van der Waals surface area contributed by atoms with Gasteiger partial charge in [-0.3, -0.25) is 4.79 Å². The molecule has 0 unspecified atom stereocenters. The third-order valence-corrected chi connectivity index (χ3v) is 3.85. The SMILES string of the molecule is Cc1ccc(NC(=O)c2cnc(N3CCCCC3)nc2)cc1. The fraction of sp³-hybridized carbons (Fsp3) is 0.353. The maximum atomic E-state index is 12.2. The monoisotopic (exact) mass is 296 g/mol. The Kier molecular flexibility index (Phi) is 4.32. The topological polar surface area (TPSA) is 58.1 Å². The van der Waals surface area contributed by atoms with Crippen molar-refractivity contribution in [1.82, 2.24) is 9.97 Å². The van der Waals surface area contributed by atoms with Crippen LogP contribution in [-0.4, -0.2) is 29.0 Å². The summed E-state index contributed by atoms with van der Waals surface area (Å²) in [6, 6.07) is 7.70. The number of benzene rings is 1. The van der Waals surface area contributed by atoms with Crippen molar-refractivity contribution in [1.29, 1.82) is 0 Å². The van der Waals surface area contributed by atoms with Crippen molar-refractivity contribution in [2.75, 3.05) is 23.3 Å². The largest absolute Gasteiger partial charge is 0.341 e. The summed E-state index contributed by atoms with van der Waals surface area (Å²) in [6.07, 6.45) is 6.83. The van der Waals surface area contributed by atoms with Crippen molar-refractivity contribution < 1.29 is 4.79 Å². The lowest BCUT2D eigenvalue weighted by Crippen LogP contribution is -2.31. The molecular formula is C17H20N4O. The number of anilines is 2. The molecule has 0 aliphatic carbocycles. The minimum Gasteiger partial charge on any atom is -0.341 e. The zero-order valence-corrected chi connectivity index (χ0v) is 12.7. The van der Waals surface area contributed by atoms with Crippen molar-refractivity contribution >= 4 is 17.5 Å². The van der Waals surface area contributed by atoms with E-state index in [9.17, 15) is 4.79 Å². The number of piperidine rings is 1. The van der Waals surface area contributed by atoms with Crippen LogP contribution in [0.25, 0.3) is 0 Å². The Morgan fingerprint density at radius 2 is 1.68 bits per heavy atom. The number of hydrogen-bond donors (Lipinski definition) is 1. The van der Waals surface area contributed by atoms with Gasteiger partial charge in [0.15, 0.2) is 0 Å². The second-order valence-electron chi connectivity index (χ2n) is 5.64. The number of nitrogens with one attached hydrogen (secondary N) is 1. The lowest BCUT2D eigenvalue weighted by atomic mass is 10.1. The summed E-state index contributed by atoms with van der Waals surface area (Å²) in [5.41, 5.74) is 2.41. The standard InChI is InChI=1S/C17H20N4O/c1-13-5-7-15(8-6-13)20-16(22)14-11-18-17(19-12-14)21-9-3-2-4-10-21/h5-8,11-12H,2-4,9-10H2,1H3,(H,20,22). The molecule has 1 aliphatic rings. The predicted octanol–water partition coefficient (Wildman–Crippen LogP) is 3.03. The van der Waals surface area contributed by atoms with Crippen molar-refractivity contribution in [2.45, 2.75) is 26.2 Å². The van der Waals surface area contributed by atoms with Gasteiger partial charge in [-0.1, -0.05) is 17.7 Å². The average Bonchev–Trinajstić information content (AvgIpc) is 2.58. The van der Waals surface area contributed by atoms with Crippen LogP contribution in [0.2, 0.25) is 0 Å². The number of amides is 1. The molecular weight excluding hydrogens is 276 g/mol. The highest BCUT2D eigenvalue weighted by Crippen LogP contribution is 2.15. The van der Waals surface area contributed by atoms with Crippen LogP contribution in [0.4, 0.5) is 11.6 Å². The molecule has 0 spiro atoms. The van der Waals surface area contributed by atoms with Crippen LogP contribution >= 0.6 is 0 Å². The van der Waals surface area contributed by atoms with Gasteiger partial charge in [-0.15, -0.1) is 0 Å². The first-order valence-corrected chi connectivity index (χ1v) is 7.67. The molecule has 1 fully saturated rings. The molecule has 2 heterocycles. The zero-order valence-electron chi connectivity index (χ0n) is 12.7. The first kappa shape index (κ1) is 14.5. The fourth-order valence-electron chi connectivity index (χ4n) is 2.54. The van der Waals surface area contributed by atoms with E-state index >= 15 is 0 Å². The number of aryl methyl sites for hydroxylation is 1. The first-order valence-electron chi connectivity index (χ1n) is 7.67. The maximum absolute atomic E-state index is 12.2. The van der Waals surface area contributed by atoms with E-state index in [2.05, 4.69) is 20.2 Å². The average molecular weight is 296 g/mol. The van der Waals surface area contributed by atoms with Gasteiger partial charge in [-0.05, 0) is 38.3 Å². The van der Waals surface area contributed by atoms with E-state index in [1.54, 1.807) is 12.4 Å². The summed E-state index contributed by atoms with van der Waals surface area (Å²) in [6.45, 7) is 4.00. The van der Waals surface area contributed by atoms with E-state index in [0.29, 0.717) is 11.5 Å². The van der Waals surface area contributed by atoms with Gasteiger partial charge in [0.25, 0.3) is 5.91 Å². The lowest BCUT2D eigenvalue weighted by molar-refractivity contribution is 0.102. The smallest absolute Gasteiger partial charge is 0.258 e. The third kappa shape index (κ3) is 3.42. The Morgan fingerprint density at radius 1 is 1.05 bits per heavy atom. The van der Waals surface area contributed by atoms with Crippen LogP contribution in [-0.2, 0) is 0 Å². The van der Waals surface area contributed by atoms with Crippen molar-refractivity contribution in [3.05, 3.63) is 47.8 Å². The van der Waals surface area contributed by atoms with E-state index in [0.717, 1.165) is 24.3 Å². The Bertz CT molecular complexity index is 631. The van der Waals surface area contributed by atoms with Gasteiger partial charge in [-0.2, -0.15) is 0 Å². The van der Waals surface area contributed by atoms with Gasteiger partial charge < -0.3 is 10.2 Å². The molecule has 1 amide bonds. The Labute approximate surface area is 130 Å². The molecule has 0 atom stereocenters. The van der Waals surface area contributed by atoms with E-state index < -0.39 is 0 Å². The fourth-order valence-corrected chi connectivity index (χ4v) is 2.54. The highest BCUT2D eigenvalue weighted by molar-refractivity contribution is 6.03. The molecule has 1 aromatic heterocycles. The predicted molar refractivity (Wildman–Crippen MR) is 87.2 cm³/mol. The molecule has 0 bridgehead atoms. The summed E-state index contributed by atoms with van der Waals surface area (Å²) in [5.74, 6) is 0.528. The van der Waals surface area contributed by atoms with Crippen molar-refractivity contribution in [2.24, 2.45) is 0 Å². The van der Waals surface area contributed by atoms with Crippen LogP contribution in [0, 0.1) is 6.92 Å². The second kappa shape index (κ2) is 6.56. The third-order valence-electron chi connectivity index (χ3n) is 3.85. The molecule has 2 aromatic rings. The van der Waals surface area contributed by atoms with Gasteiger partial charge in [0.2, 0.25) is 5.95 Å². The number of hydrogen-bond acceptors (Lipinski definition) is 4. The summed E-state index contributed by atoms with van der Waals surface area (Å²) >= 11 is 0. The molecule has 1 aliphatic heterocycles. The second-order valence-corrected chi connectivity index (χ2v) is 5.64. The molecule has 1 saturated heterocycles. The number of rotatable bonds is 3. The first-order chi connectivity index (χ1) is 10.7. The van der Waals surface area contributed by atoms with Crippen molar-refractivity contribution in [3.63, 3.8) is 0 Å². The van der Waals surface area contributed by atoms with E-state index in [1.807, 2.05) is 31.2 Å². The van der Waals surface area contributed by atoms with Gasteiger partial charge in [-0.25, -0.2) is 9.97 Å². The number of carbonyl (C=O) groups is 1. The normalized spacial score (nSPS) is 14.7. The summed E-state index contributed by atoms with van der Waals surface area (Å²) in [7, 11) is 0. The maximum Gasteiger partial charge on any atom is 0.258 e. The zero-order chi connectivity index (χ0) is 15.4. The Balaban J connectivity index is 1.66. The van der Waals surface area contributed by atoms with Gasteiger partial charge in [0, 0.05) is 31.2 Å². The molecule has 1 aromatic carbocycles. The van der Waals surface area contributed by atoms with Gasteiger partial charge in [0.1, 0.15) is 0 Å². The van der Waals surface area contributed by atoms with Gasteiger partial charge in [0.05, 0.1) is 5.56 Å². The molecule has 5 heteroatoms. The van der Waals surface area contributed by atoms with Crippen LogP contribution in [0.15, 0.2) is 36.7 Å². The molecule has 1 N–H and O–H groups in total. The van der Waals surface area contributed by atoms with E-state index in [1.165, 1.54) is 19.3 Å². The van der Waals surface area contributed by atoms with Crippen LogP contribution in [0.5, 0.6) is 0 Å². The quantitative estimate of drug-likeness (QED) is 0.946. The van der Waals surface area contributed by atoms with Crippen molar-refractivity contribution in [3.8, 4) is 0 Å². The Morgan fingerprint density at radius 3 is 2.32 bits per heavy atom. The number of aromatic nitrogens is 2. The molecule has 0 saturated carbocycles. The van der Waals surface area contributed by atoms with Crippen LogP contribution in [0.1, 0.15) is 35.2 Å². The molecule has 3 rings (SSSR count). The van der Waals surface area contributed by atoms with E-state index in [-0.39, 0.29) is 5.91 Å². The molecule has 22 heavy (non-hydrogen) atoms. The number of nitrogens with zero attached hydrogens (tertiary/aromatic N) is 3. The summed E-state index contributed by atoms with van der Waals surface area (Å²) < 4.78 is 0. The summed E-state index contributed by atoms with van der Waals surface area (Å²) in [5, 5.41) is 2.85. The lowest BCUT2D eigenvalue weighted by Gasteiger charge is -2.26. The van der Waals surface area contributed by atoms with E-state index in [4.69, 9.17) is 0 Å². The highest BCUT2D eigenvalue weighted by atomic mass is 16.1.